The van der Waals surface area contributed by atoms with Gasteiger partial charge in [0.2, 0.25) is 0 Å². The van der Waals surface area contributed by atoms with Gasteiger partial charge in [-0.2, -0.15) is 13.2 Å². The molecule has 1 aliphatic heterocycles. The third-order valence-electron chi connectivity index (χ3n) is 9.77. The Kier molecular flexibility index (Phi) is 6.38. The van der Waals surface area contributed by atoms with Crippen molar-refractivity contribution >= 4 is 22.6 Å². The molecule has 2 aromatic carbocycles. The number of nitrogens with zero attached hydrogens (tertiary/aromatic N) is 3. The number of likely N-dealkylation sites (tertiary alicyclic amines) is 1. The Labute approximate surface area is 228 Å². The lowest BCUT2D eigenvalue weighted by atomic mass is 9.68. The number of benzene rings is 2. The van der Waals surface area contributed by atoms with E-state index in [1.165, 1.54) is 17.2 Å². The molecule has 3 aliphatic rings. The van der Waals surface area contributed by atoms with Gasteiger partial charge in [-0.1, -0.05) is 38.4 Å². The molecule has 0 amide bonds. The Morgan fingerprint density at radius 3 is 2.50 bits per heavy atom. The first-order chi connectivity index (χ1) is 18.0. The van der Waals surface area contributed by atoms with Crippen molar-refractivity contribution in [2.24, 2.45) is 11.3 Å². The fraction of sp³-hybridized carbons (Fsp3) is 0.581. The van der Waals surface area contributed by atoms with Gasteiger partial charge in [-0.15, -0.1) is 0 Å². The molecule has 6 rings (SSSR count). The van der Waals surface area contributed by atoms with Crippen molar-refractivity contribution in [2.75, 3.05) is 19.6 Å². The van der Waals surface area contributed by atoms with Crippen LogP contribution in [0.3, 0.4) is 0 Å². The number of hydrogen-bond donors (Lipinski definition) is 0. The zero-order chi connectivity index (χ0) is 26.9. The summed E-state index contributed by atoms with van der Waals surface area (Å²) in [6, 6.07) is 9.71. The monoisotopic (exact) mass is 543 g/mol. The highest BCUT2D eigenvalue weighted by atomic mass is 35.5. The van der Waals surface area contributed by atoms with E-state index in [0.29, 0.717) is 17.9 Å². The molecule has 7 heteroatoms. The van der Waals surface area contributed by atoms with Gasteiger partial charge in [0.1, 0.15) is 0 Å². The fourth-order valence-electron chi connectivity index (χ4n) is 7.70. The average Bonchev–Trinajstić information content (AvgIpc) is 3.37. The molecule has 1 aromatic heterocycles. The van der Waals surface area contributed by atoms with Crippen LogP contribution in [0.2, 0.25) is 5.02 Å². The maximum Gasteiger partial charge on any atom is 0.418 e. The Balaban J connectivity index is 1.12. The SMILES string of the molecule is CC1Cc2ccc(Cl)cc2C12CCN(CCCc1cc(C(F)(F)F)c3c(c1)ncn3C1CC(C)(C)C1)CC2. The van der Waals surface area contributed by atoms with Crippen LogP contribution in [0.25, 0.3) is 11.0 Å². The average molecular weight is 544 g/mol. The lowest BCUT2D eigenvalue weighted by molar-refractivity contribution is -0.136. The smallest absolute Gasteiger partial charge is 0.327 e. The quantitative estimate of drug-likeness (QED) is 0.323. The molecule has 0 N–H and O–H groups in total. The van der Waals surface area contributed by atoms with Gasteiger partial charge in [-0.3, -0.25) is 0 Å². The van der Waals surface area contributed by atoms with Crippen LogP contribution in [0.4, 0.5) is 13.2 Å². The Morgan fingerprint density at radius 1 is 1.08 bits per heavy atom. The van der Waals surface area contributed by atoms with Crippen molar-refractivity contribution in [3.05, 3.63) is 63.9 Å². The lowest BCUT2D eigenvalue weighted by Crippen LogP contribution is -2.44. The summed E-state index contributed by atoms with van der Waals surface area (Å²) >= 11 is 6.36. The zero-order valence-corrected chi connectivity index (χ0v) is 23.3. The molecular formula is C31H37ClF3N3. The number of rotatable bonds is 5. The number of hydrogen-bond acceptors (Lipinski definition) is 2. The molecule has 1 saturated heterocycles. The van der Waals surface area contributed by atoms with Crippen LogP contribution in [-0.2, 0) is 24.4 Å². The van der Waals surface area contributed by atoms with E-state index in [-0.39, 0.29) is 22.4 Å². The first-order valence-electron chi connectivity index (χ1n) is 14.0. The van der Waals surface area contributed by atoms with E-state index < -0.39 is 11.7 Å². The highest BCUT2D eigenvalue weighted by molar-refractivity contribution is 6.30. The van der Waals surface area contributed by atoms with E-state index in [0.717, 1.165) is 68.7 Å². The van der Waals surface area contributed by atoms with Gasteiger partial charge in [0.25, 0.3) is 0 Å². The molecule has 1 atom stereocenters. The minimum Gasteiger partial charge on any atom is -0.327 e. The number of alkyl halides is 3. The number of halogens is 4. The van der Waals surface area contributed by atoms with Crippen molar-refractivity contribution in [2.45, 2.75) is 83.4 Å². The molecular weight excluding hydrogens is 507 g/mol. The predicted octanol–water partition coefficient (Wildman–Crippen LogP) is 8.23. The highest BCUT2D eigenvalue weighted by Crippen LogP contribution is 2.51. The Bertz CT molecular complexity index is 1340. The Hall–Kier alpha value is -2.05. The number of aromatic nitrogens is 2. The van der Waals surface area contributed by atoms with Crippen LogP contribution in [0.1, 0.15) is 81.2 Å². The summed E-state index contributed by atoms with van der Waals surface area (Å²) < 4.78 is 44.2. The lowest BCUT2D eigenvalue weighted by Gasteiger charge is -2.43. The number of fused-ring (bicyclic) bond motifs is 3. The van der Waals surface area contributed by atoms with Crippen LogP contribution in [0.15, 0.2) is 36.7 Å². The van der Waals surface area contributed by atoms with Crippen molar-refractivity contribution in [1.29, 1.82) is 0 Å². The first kappa shape index (κ1) is 26.2. The minimum absolute atomic E-state index is 0.0925. The number of imidazole rings is 1. The van der Waals surface area contributed by atoms with Gasteiger partial charge < -0.3 is 9.47 Å². The number of piperidine rings is 1. The van der Waals surface area contributed by atoms with Crippen LogP contribution < -0.4 is 0 Å². The molecule has 0 bridgehead atoms. The summed E-state index contributed by atoms with van der Waals surface area (Å²) in [6.45, 7) is 9.63. The third-order valence-corrected chi connectivity index (χ3v) is 10.0. The van der Waals surface area contributed by atoms with Gasteiger partial charge in [0.05, 0.1) is 22.9 Å². The summed E-state index contributed by atoms with van der Waals surface area (Å²) in [7, 11) is 0. The van der Waals surface area contributed by atoms with Crippen LogP contribution in [0.5, 0.6) is 0 Å². The topological polar surface area (TPSA) is 21.1 Å². The van der Waals surface area contributed by atoms with Gasteiger partial charge in [0, 0.05) is 16.5 Å². The second-order valence-electron chi connectivity index (χ2n) is 12.9. The molecule has 1 spiro atoms. The summed E-state index contributed by atoms with van der Waals surface area (Å²) in [5.41, 5.74) is 4.16. The van der Waals surface area contributed by atoms with Gasteiger partial charge in [-0.25, -0.2) is 4.98 Å². The van der Waals surface area contributed by atoms with Gasteiger partial charge >= 0.3 is 6.18 Å². The van der Waals surface area contributed by atoms with E-state index >= 15 is 0 Å². The fourth-order valence-corrected chi connectivity index (χ4v) is 7.88. The Morgan fingerprint density at radius 2 is 1.82 bits per heavy atom. The minimum atomic E-state index is -4.40. The summed E-state index contributed by atoms with van der Waals surface area (Å²) in [6.07, 6.45) is 3.78. The van der Waals surface area contributed by atoms with Crippen molar-refractivity contribution in [3.63, 3.8) is 0 Å². The van der Waals surface area contributed by atoms with Crippen LogP contribution in [0, 0.1) is 11.3 Å². The van der Waals surface area contributed by atoms with E-state index in [4.69, 9.17) is 11.6 Å². The van der Waals surface area contributed by atoms with E-state index in [9.17, 15) is 13.2 Å². The molecule has 204 valence electrons. The first-order valence-corrected chi connectivity index (χ1v) is 14.4. The third kappa shape index (κ3) is 4.56. The maximum absolute atomic E-state index is 14.2. The molecule has 38 heavy (non-hydrogen) atoms. The molecule has 2 aliphatic carbocycles. The highest BCUT2D eigenvalue weighted by Gasteiger charge is 2.46. The molecule has 3 aromatic rings. The summed E-state index contributed by atoms with van der Waals surface area (Å²) in [5.74, 6) is 0.608. The molecule has 1 saturated carbocycles. The zero-order valence-electron chi connectivity index (χ0n) is 22.5. The van der Waals surface area contributed by atoms with E-state index in [2.05, 4.69) is 42.8 Å². The number of aryl methyl sites for hydroxylation is 1. The normalized spacial score (nSPS) is 23.2. The summed E-state index contributed by atoms with van der Waals surface area (Å²) in [5, 5.41) is 0.816. The van der Waals surface area contributed by atoms with Crippen molar-refractivity contribution in [1.82, 2.24) is 14.5 Å². The second kappa shape index (κ2) is 9.26. The molecule has 2 heterocycles. The summed E-state index contributed by atoms with van der Waals surface area (Å²) in [4.78, 5) is 6.90. The van der Waals surface area contributed by atoms with E-state index in [1.54, 1.807) is 10.9 Å². The van der Waals surface area contributed by atoms with Crippen molar-refractivity contribution in [3.8, 4) is 0 Å². The molecule has 2 fully saturated rings. The molecule has 3 nitrogen and oxygen atoms in total. The molecule has 1 unspecified atom stereocenters. The second-order valence-corrected chi connectivity index (χ2v) is 13.3. The van der Waals surface area contributed by atoms with Gasteiger partial charge in [-0.05, 0) is 117 Å². The van der Waals surface area contributed by atoms with Crippen LogP contribution >= 0.6 is 11.6 Å². The standard InChI is InChI=1S/C31H37ClF3N3/c1-20-13-22-6-7-23(32)16-25(22)30(20)8-11-37(12-9-30)10-4-5-21-14-26(31(33,34)35)28-27(15-21)36-19-38(28)24-17-29(2,3)18-24/h6-7,14-16,19-20,24H,4-5,8-13,17-18H2,1-3H3. The largest absolute Gasteiger partial charge is 0.418 e. The van der Waals surface area contributed by atoms with Crippen molar-refractivity contribution < 1.29 is 13.2 Å². The molecule has 0 radical (unpaired) electrons. The maximum atomic E-state index is 14.2. The van der Waals surface area contributed by atoms with Gasteiger partial charge in [0.15, 0.2) is 0 Å². The van der Waals surface area contributed by atoms with E-state index in [1.807, 2.05) is 12.1 Å². The predicted molar refractivity (Wildman–Crippen MR) is 147 cm³/mol. The van der Waals surface area contributed by atoms with Crippen LogP contribution in [-0.4, -0.2) is 34.1 Å².